The van der Waals surface area contributed by atoms with Gasteiger partial charge in [-0.15, -0.1) is 0 Å². The molecular formula is C22H35N3O. The third kappa shape index (κ3) is 4.66. The van der Waals surface area contributed by atoms with Gasteiger partial charge in [0.25, 0.3) is 0 Å². The van der Waals surface area contributed by atoms with Crippen LogP contribution in [0.25, 0.3) is 0 Å². The van der Waals surface area contributed by atoms with Crippen molar-refractivity contribution in [2.75, 3.05) is 46.3 Å². The molecule has 0 spiro atoms. The first-order chi connectivity index (χ1) is 12.4. The molecular weight excluding hydrogens is 322 g/mol. The summed E-state index contributed by atoms with van der Waals surface area (Å²) >= 11 is 0. The van der Waals surface area contributed by atoms with E-state index >= 15 is 0 Å². The smallest absolute Gasteiger partial charge is 0.226 e. The summed E-state index contributed by atoms with van der Waals surface area (Å²) in [4.78, 5) is 19.9. The van der Waals surface area contributed by atoms with Crippen molar-refractivity contribution >= 4 is 5.91 Å². The van der Waals surface area contributed by atoms with E-state index in [0.29, 0.717) is 18.4 Å². The van der Waals surface area contributed by atoms with Crippen LogP contribution in [0.2, 0.25) is 0 Å². The molecule has 4 nitrogen and oxygen atoms in total. The molecule has 1 amide bonds. The molecule has 0 aliphatic carbocycles. The second-order valence-electron chi connectivity index (χ2n) is 8.40. The van der Waals surface area contributed by atoms with Crippen LogP contribution in [-0.4, -0.2) is 73.0 Å². The minimum Gasteiger partial charge on any atom is -0.342 e. The van der Waals surface area contributed by atoms with E-state index < -0.39 is 0 Å². The highest BCUT2D eigenvalue weighted by Crippen LogP contribution is 2.25. The number of hydrogen-bond donors (Lipinski definition) is 0. The number of piperazine rings is 1. The van der Waals surface area contributed by atoms with E-state index in [9.17, 15) is 4.79 Å². The molecule has 2 fully saturated rings. The first-order valence-corrected chi connectivity index (χ1v) is 10.2. The van der Waals surface area contributed by atoms with Gasteiger partial charge in [-0.1, -0.05) is 23.8 Å². The van der Waals surface area contributed by atoms with Gasteiger partial charge in [-0.05, 0) is 57.7 Å². The highest BCUT2D eigenvalue weighted by molar-refractivity contribution is 5.79. The Balaban J connectivity index is 1.50. The van der Waals surface area contributed by atoms with Gasteiger partial charge in [0.15, 0.2) is 0 Å². The SMILES string of the molecule is Cc1ccc(C)c(CC(=O)N2CCC([C@H](C)N3CCN(C)CC3)CC2)c1. The van der Waals surface area contributed by atoms with Crippen molar-refractivity contribution in [3.63, 3.8) is 0 Å². The zero-order chi connectivity index (χ0) is 18.7. The maximum absolute atomic E-state index is 12.8. The Morgan fingerprint density at radius 3 is 2.38 bits per heavy atom. The predicted molar refractivity (Wildman–Crippen MR) is 107 cm³/mol. The molecule has 144 valence electrons. The van der Waals surface area contributed by atoms with Gasteiger partial charge in [-0.25, -0.2) is 0 Å². The molecule has 2 aliphatic rings. The number of likely N-dealkylation sites (N-methyl/N-ethyl adjacent to an activating group) is 1. The summed E-state index contributed by atoms with van der Waals surface area (Å²) in [6.45, 7) is 13.2. The molecule has 0 N–H and O–H groups in total. The van der Waals surface area contributed by atoms with Crippen molar-refractivity contribution in [1.29, 1.82) is 0 Å². The predicted octanol–water partition coefficient (Wildman–Crippen LogP) is 2.72. The minimum atomic E-state index is 0.296. The number of aryl methyl sites for hydroxylation is 2. The molecule has 0 saturated carbocycles. The Hall–Kier alpha value is -1.39. The summed E-state index contributed by atoms with van der Waals surface area (Å²) in [5, 5.41) is 0. The van der Waals surface area contributed by atoms with Crippen LogP contribution in [0.15, 0.2) is 18.2 Å². The average molecular weight is 358 g/mol. The summed E-state index contributed by atoms with van der Waals surface area (Å²) < 4.78 is 0. The zero-order valence-electron chi connectivity index (χ0n) is 17.0. The molecule has 2 aliphatic heterocycles. The second-order valence-corrected chi connectivity index (χ2v) is 8.40. The fraction of sp³-hybridized carbons (Fsp3) is 0.682. The highest BCUT2D eigenvalue weighted by Gasteiger charge is 2.30. The maximum atomic E-state index is 12.8. The molecule has 0 radical (unpaired) electrons. The minimum absolute atomic E-state index is 0.296. The summed E-state index contributed by atoms with van der Waals surface area (Å²) in [5.74, 6) is 1.02. The van der Waals surface area contributed by atoms with Gasteiger partial charge < -0.3 is 9.80 Å². The molecule has 26 heavy (non-hydrogen) atoms. The molecule has 3 rings (SSSR count). The quantitative estimate of drug-likeness (QED) is 0.829. The molecule has 0 aromatic heterocycles. The molecule has 0 unspecified atom stereocenters. The molecule has 0 bridgehead atoms. The number of amides is 1. The average Bonchev–Trinajstić information content (AvgIpc) is 2.65. The summed E-state index contributed by atoms with van der Waals surface area (Å²) in [6.07, 6.45) is 2.84. The van der Waals surface area contributed by atoms with Gasteiger partial charge in [0.1, 0.15) is 0 Å². The van der Waals surface area contributed by atoms with Gasteiger partial charge in [-0.3, -0.25) is 9.69 Å². The summed E-state index contributed by atoms with van der Waals surface area (Å²) in [5.41, 5.74) is 3.64. The lowest BCUT2D eigenvalue weighted by Crippen LogP contribution is -2.52. The number of benzene rings is 1. The fourth-order valence-electron chi connectivity index (χ4n) is 4.42. The van der Waals surface area contributed by atoms with E-state index in [1.54, 1.807) is 0 Å². The van der Waals surface area contributed by atoms with E-state index in [0.717, 1.165) is 31.8 Å². The van der Waals surface area contributed by atoms with E-state index in [4.69, 9.17) is 0 Å². The number of rotatable bonds is 4. The Bertz CT molecular complexity index is 614. The van der Waals surface area contributed by atoms with E-state index in [-0.39, 0.29) is 0 Å². The summed E-state index contributed by atoms with van der Waals surface area (Å²) in [6, 6.07) is 7.05. The Morgan fingerprint density at radius 2 is 1.73 bits per heavy atom. The van der Waals surface area contributed by atoms with E-state index in [2.05, 4.69) is 60.7 Å². The van der Waals surface area contributed by atoms with Crippen molar-refractivity contribution in [3.05, 3.63) is 34.9 Å². The number of carbonyl (C=O) groups is 1. The van der Waals surface area contributed by atoms with Crippen molar-refractivity contribution in [2.45, 2.75) is 46.1 Å². The Kier molecular flexibility index (Phi) is 6.36. The van der Waals surface area contributed by atoms with Crippen LogP contribution >= 0.6 is 0 Å². The zero-order valence-corrected chi connectivity index (χ0v) is 17.0. The molecule has 1 aromatic carbocycles. The molecule has 4 heteroatoms. The third-order valence-corrected chi connectivity index (χ3v) is 6.53. The monoisotopic (exact) mass is 357 g/mol. The fourth-order valence-corrected chi connectivity index (χ4v) is 4.42. The highest BCUT2D eigenvalue weighted by atomic mass is 16.2. The molecule has 1 aromatic rings. The van der Waals surface area contributed by atoms with Crippen molar-refractivity contribution in [2.24, 2.45) is 5.92 Å². The van der Waals surface area contributed by atoms with Crippen LogP contribution in [0, 0.1) is 19.8 Å². The largest absolute Gasteiger partial charge is 0.342 e. The van der Waals surface area contributed by atoms with Crippen molar-refractivity contribution in [3.8, 4) is 0 Å². The Labute approximate surface area is 159 Å². The molecule has 1 atom stereocenters. The number of carbonyl (C=O) groups excluding carboxylic acids is 1. The topological polar surface area (TPSA) is 26.8 Å². The summed E-state index contributed by atoms with van der Waals surface area (Å²) in [7, 11) is 2.21. The normalized spacial score (nSPS) is 21.8. The lowest BCUT2D eigenvalue weighted by molar-refractivity contribution is -0.132. The first kappa shape index (κ1) is 19.4. The van der Waals surface area contributed by atoms with Gasteiger partial charge in [0.2, 0.25) is 5.91 Å². The van der Waals surface area contributed by atoms with Crippen molar-refractivity contribution in [1.82, 2.24) is 14.7 Å². The number of hydrogen-bond acceptors (Lipinski definition) is 3. The van der Waals surface area contributed by atoms with Crippen LogP contribution in [0.1, 0.15) is 36.5 Å². The van der Waals surface area contributed by atoms with Gasteiger partial charge in [0, 0.05) is 45.3 Å². The van der Waals surface area contributed by atoms with Crippen LogP contribution in [0.3, 0.4) is 0 Å². The lowest BCUT2D eigenvalue weighted by atomic mass is 9.88. The van der Waals surface area contributed by atoms with Crippen LogP contribution in [0.5, 0.6) is 0 Å². The van der Waals surface area contributed by atoms with Crippen molar-refractivity contribution < 1.29 is 4.79 Å². The van der Waals surface area contributed by atoms with Crippen LogP contribution in [0.4, 0.5) is 0 Å². The number of nitrogens with zero attached hydrogens (tertiary/aromatic N) is 3. The molecule has 2 saturated heterocycles. The standard InChI is InChI=1S/C22H35N3O/c1-17-5-6-18(2)21(15-17)16-22(26)25-9-7-20(8-10-25)19(3)24-13-11-23(4)12-14-24/h5-6,15,19-20H,7-14,16H2,1-4H3/t19-/m0/s1. The third-order valence-electron chi connectivity index (χ3n) is 6.53. The Morgan fingerprint density at radius 1 is 1.08 bits per heavy atom. The van der Waals surface area contributed by atoms with E-state index in [1.165, 1.54) is 42.9 Å². The first-order valence-electron chi connectivity index (χ1n) is 10.2. The second kappa shape index (κ2) is 8.53. The van der Waals surface area contributed by atoms with Gasteiger partial charge in [-0.2, -0.15) is 0 Å². The molecule has 2 heterocycles. The van der Waals surface area contributed by atoms with Gasteiger partial charge in [0.05, 0.1) is 6.42 Å². The number of likely N-dealkylation sites (tertiary alicyclic amines) is 1. The van der Waals surface area contributed by atoms with Crippen LogP contribution in [-0.2, 0) is 11.2 Å². The number of piperidine rings is 1. The van der Waals surface area contributed by atoms with Gasteiger partial charge >= 0.3 is 0 Å². The van der Waals surface area contributed by atoms with Crippen LogP contribution < -0.4 is 0 Å². The lowest BCUT2D eigenvalue weighted by Gasteiger charge is -2.42. The van der Waals surface area contributed by atoms with E-state index in [1.807, 2.05) is 0 Å². The maximum Gasteiger partial charge on any atom is 0.226 e.